The van der Waals surface area contributed by atoms with Crippen LogP contribution in [0, 0.1) is 0 Å². The predicted octanol–water partition coefficient (Wildman–Crippen LogP) is 2.84. The smallest absolute Gasteiger partial charge is 0.332 e. The molecule has 2 N–H and O–H groups in total. The number of aromatic nitrogens is 5. The van der Waals surface area contributed by atoms with Gasteiger partial charge in [-0.05, 0) is 25.1 Å². The van der Waals surface area contributed by atoms with Gasteiger partial charge in [-0.1, -0.05) is 36.7 Å². The first kappa shape index (κ1) is 21.4. The summed E-state index contributed by atoms with van der Waals surface area (Å²) in [6.45, 7) is 5.62. The number of hydrogen-bond acceptors (Lipinski definition) is 5. The lowest BCUT2D eigenvalue weighted by molar-refractivity contribution is 0.318. The van der Waals surface area contributed by atoms with Crippen molar-refractivity contribution in [2.24, 2.45) is 19.3 Å². The second-order valence-corrected chi connectivity index (χ2v) is 6.99. The number of aromatic amines is 1. The van der Waals surface area contributed by atoms with Gasteiger partial charge in [0.05, 0.1) is 6.54 Å². The molecule has 1 aromatic carbocycles. The lowest BCUT2D eigenvalue weighted by Gasteiger charge is -2.07. The molecule has 0 bridgehead atoms. The third kappa shape index (κ3) is 3.30. The first-order valence-electron chi connectivity index (χ1n) is 9.45. The average molecular weight is 431 g/mol. The Balaban J connectivity index is 0.00000124. The molecule has 3 aromatic heterocycles. The van der Waals surface area contributed by atoms with Crippen LogP contribution in [0.25, 0.3) is 22.1 Å². The summed E-state index contributed by atoms with van der Waals surface area (Å²) in [6.07, 6.45) is 0. The zero-order valence-corrected chi connectivity index (χ0v) is 18.2. The standard InChI is InChI=1S/C18H17ClN6O3.C2H6/c1-9(22-28)15-21-16-14(23(15)2)17(26)25(18(27)24(16)3)8-10-7-11-12(19)5-4-6-13(11)20-10;1-2/h4-7,20,28H,8H2,1-3H3;1-2H3/b22-9+;. The van der Waals surface area contributed by atoms with Crippen molar-refractivity contribution in [2.75, 3.05) is 0 Å². The summed E-state index contributed by atoms with van der Waals surface area (Å²) in [7, 11) is 3.18. The fraction of sp³-hybridized carbons (Fsp3) is 0.300. The van der Waals surface area contributed by atoms with Crippen LogP contribution in [0.4, 0.5) is 0 Å². The molecule has 30 heavy (non-hydrogen) atoms. The van der Waals surface area contributed by atoms with E-state index in [0.29, 0.717) is 16.5 Å². The highest BCUT2D eigenvalue weighted by molar-refractivity contribution is 6.35. The van der Waals surface area contributed by atoms with Gasteiger partial charge in [0.2, 0.25) is 0 Å². The Morgan fingerprint density at radius 1 is 1.23 bits per heavy atom. The Morgan fingerprint density at radius 2 is 1.93 bits per heavy atom. The monoisotopic (exact) mass is 430 g/mol. The summed E-state index contributed by atoms with van der Waals surface area (Å²) in [5, 5.41) is 13.6. The molecule has 0 fully saturated rings. The lowest BCUT2D eigenvalue weighted by Crippen LogP contribution is -2.39. The minimum Gasteiger partial charge on any atom is -0.411 e. The zero-order valence-electron chi connectivity index (χ0n) is 17.4. The van der Waals surface area contributed by atoms with Crippen LogP contribution in [-0.2, 0) is 20.6 Å². The number of nitrogens with zero attached hydrogens (tertiary/aromatic N) is 5. The number of fused-ring (bicyclic) bond motifs is 2. The average Bonchev–Trinajstić information content (AvgIpc) is 3.32. The van der Waals surface area contributed by atoms with Gasteiger partial charge < -0.3 is 14.8 Å². The van der Waals surface area contributed by atoms with E-state index in [0.717, 1.165) is 15.5 Å². The largest absolute Gasteiger partial charge is 0.411 e. The SMILES string of the molecule is C/C(=N\O)c1nc2c(c(=O)n(Cc3cc4c(Cl)cccc4[nH]3)c(=O)n2C)n1C.CC. The van der Waals surface area contributed by atoms with Crippen LogP contribution in [-0.4, -0.2) is 34.6 Å². The molecule has 0 spiro atoms. The number of benzene rings is 1. The van der Waals surface area contributed by atoms with E-state index in [2.05, 4.69) is 15.1 Å². The van der Waals surface area contributed by atoms with Crippen LogP contribution in [0.5, 0.6) is 0 Å². The number of aryl methyl sites for hydroxylation is 2. The van der Waals surface area contributed by atoms with Gasteiger partial charge in [0.15, 0.2) is 17.0 Å². The van der Waals surface area contributed by atoms with E-state index < -0.39 is 11.2 Å². The molecule has 0 radical (unpaired) electrons. The highest BCUT2D eigenvalue weighted by Crippen LogP contribution is 2.24. The van der Waals surface area contributed by atoms with Gasteiger partial charge in [0.1, 0.15) is 5.71 Å². The third-order valence-corrected chi connectivity index (χ3v) is 5.16. The van der Waals surface area contributed by atoms with Crippen LogP contribution in [0.15, 0.2) is 39.0 Å². The minimum atomic E-state index is -0.495. The van der Waals surface area contributed by atoms with E-state index in [4.69, 9.17) is 16.8 Å². The summed E-state index contributed by atoms with van der Waals surface area (Å²) < 4.78 is 3.96. The number of oxime groups is 1. The zero-order chi connectivity index (χ0) is 22.2. The van der Waals surface area contributed by atoms with Crippen molar-refractivity contribution in [1.29, 1.82) is 0 Å². The summed E-state index contributed by atoms with van der Waals surface area (Å²) >= 11 is 6.21. The molecule has 0 aliphatic rings. The summed E-state index contributed by atoms with van der Waals surface area (Å²) in [4.78, 5) is 33.4. The molecule has 0 saturated carbocycles. The van der Waals surface area contributed by atoms with E-state index in [9.17, 15) is 9.59 Å². The third-order valence-electron chi connectivity index (χ3n) is 4.83. The lowest BCUT2D eigenvalue weighted by atomic mass is 10.2. The summed E-state index contributed by atoms with van der Waals surface area (Å²) in [5.41, 5.74) is 1.24. The molecule has 3 heterocycles. The minimum absolute atomic E-state index is 0.0556. The van der Waals surface area contributed by atoms with Gasteiger partial charge in [-0.3, -0.25) is 13.9 Å². The number of nitrogens with one attached hydrogen (secondary N) is 1. The van der Waals surface area contributed by atoms with Crippen molar-refractivity contribution in [2.45, 2.75) is 27.3 Å². The number of rotatable bonds is 3. The highest BCUT2D eigenvalue weighted by Gasteiger charge is 2.20. The van der Waals surface area contributed by atoms with Crippen molar-refractivity contribution < 1.29 is 5.21 Å². The molecule has 9 nitrogen and oxygen atoms in total. The molecule has 0 amide bonds. The van der Waals surface area contributed by atoms with Crippen molar-refractivity contribution in [3.8, 4) is 0 Å². The number of H-pyrrole nitrogens is 1. The number of hydrogen-bond donors (Lipinski definition) is 2. The van der Waals surface area contributed by atoms with Crippen LogP contribution in [0.1, 0.15) is 32.3 Å². The Hall–Kier alpha value is -3.33. The van der Waals surface area contributed by atoms with E-state index in [1.165, 1.54) is 9.13 Å². The summed E-state index contributed by atoms with van der Waals surface area (Å²) in [6, 6.07) is 7.30. The van der Waals surface area contributed by atoms with E-state index in [-0.39, 0.29) is 23.4 Å². The Bertz CT molecular complexity index is 1390. The van der Waals surface area contributed by atoms with E-state index in [1.807, 2.05) is 32.0 Å². The summed E-state index contributed by atoms with van der Waals surface area (Å²) in [5.74, 6) is 0.305. The Labute approximate surface area is 176 Å². The molecule has 10 heteroatoms. The molecule has 0 saturated heterocycles. The molecular formula is C20H23ClN6O3. The van der Waals surface area contributed by atoms with Crippen LogP contribution >= 0.6 is 11.6 Å². The van der Waals surface area contributed by atoms with Gasteiger partial charge in [0, 0.05) is 35.7 Å². The normalized spacial score (nSPS) is 11.7. The Kier molecular flexibility index (Phi) is 5.84. The van der Waals surface area contributed by atoms with Gasteiger partial charge in [-0.15, -0.1) is 0 Å². The second-order valence-electron chi connectivity index (χ2n) is 6.58. The van der Waals surface area contributed by atoms with E-state index in [1.54, 1.807) is 27.1 Å². The first-order valence-corrected chi connectivity index (χ1v) is 9.82. The fourth-order valence-corrected chi connectivity index (χ4v) is 3.61. The van der Waals surface area contributed by atoms with Crippen molar-refractivity contribution in [3.63, 3.8) is 0 Å². The maximum atomic E-state index is 13.1. The molecule has 0 aliphatic heterocycles. The first-order chi connectivity index (χ1) is 14.3. The molecule has 0 unspecified atom stereocenters. The fourth-order valence-electron chi connectivity index (χ4n) is 3.38. The molecule has 0 aliphatic carbocycles. The van der Waals surface area contributed by atoms with Crippen LogP contribution in [0.2, 0.25) is 5.02 Å². The topological polar surface area (TPSA) is 110 Å². The molecule has 0 atom stereocenters. The van der Waals surface area contributed by atoms with Gasteiger partial charge in [-0.25, -0.2) is 9.78 Å². The van der Waals surface area contributed by atoms with Crippen molar-refractivity contribution >= 4 is 39.4 Å². The quantitative estimate of drug-likeness (QED) is 0.296. The highest BCUT2D eigenvalue weighted by atomic mass is 35.5. The molecular weight excluding hydrogens is 408 g/mol. The van der Waals surface area contributed by atoms with Crippen LogP contribution < -0.4 is 11.2 Å². The van der Waals surface area contributed by atoms with Crippen LogP contribution in [0.3, 0.4) is 0 Å². The molecule has 4 aromatic rings. The van der Waals surface area contributed by atoms with E-state index >= 15 is 0 Å². The van der Waals surface area contributed by atoms with Gasteiger partial charge in [0.25, 0.3) is 5.56 Å². The maximum Gasteiger partial charge on any atom is 0.332 e. The maximum absolute atomic E-state index is 13.1. The van der Waals surface area contributed by atoms with Gasteiger partial charge in [-0.2, -0.15) is 0 Å². The number of halogens is 1. The van der Waals surface area contributed by atoms with Crippen molar-refractivity contribution in [1.82, 2.24) is 23.7 Å². The molecule has 4 rings (SSSR count). The van der Waals surface area contributed by atoms with Crippen molar-refractivity contribution in [3.05, 3.63) is 61.6 Å². The Morgan fingerprint density at radius 3 is 2.57 bits per heavy atom. The number of imidazole rings is 1. The second kappa shape index (κ2) is 8.19. The van der Waals surface area contributed by atoms with Gasteiger partial charge >= 0.3 is 5.69 Å². The molecule has 158 valence electrons. The predicted molar refractivity (Wildman–Crippen MR) is 118 cm³/mol.